The predicted molar refractivity (Wildman–Crippen MR) is 91.6 cm³/mol. The van der Waals surface area contributed by atoms with E-state index in [-0.39, 0.29) is 17.1 Å². The third kappa shape index (κ3) is 5.17. The van der Waals surface area contributed by atoms with E-state index in [9.17, 15) is 24.8 Å². The number of anilines is 1. The molecule has 2 aromatic carbocycles. The lowest BCUT2D eigenvalue weighted by atomic mass is 10.1. The van der Waals surface area contributed by atoms with Crippen molar-refractivity contribution in [2.45, 2.75) is 6.92 Å². The number of aromatic hydroxyl groups is 1. The number of amides is 2. The Kier molecular flexibility index (Phi) is 5.47. The molecule has 8 heteroatoms. The Bertz CT molecular complexity index is 861. The van der Waals surface area contributed by atoms with Crippen LogP contribution in [0.15, 0.2) is 54.2 Å². The third-order valence-electron chi connectivity index (χ3n) is 3.05. The first-order valence-electron chi connectivity index (χ1n) is 7.19. The SMILES string of the molecule is CC(=O)N/C(=C/c1cccc([N+](=O)[O-])c1)C(=O)Nc1cccc(O)c1. The van der Waals surface area contributed by atoms with Crippen LogP contribution in [-0.4, -0.2) is 21.8 Å². The number of carbonyl (C=O) groups is 2. The smallest absolute Gasteiger partial charge is 0.272 e. The summed E-state index contributed by atoms with van der Waals surface area (Å²) in [5, 5.41) is 25.2. The van der Waals surface area contributed by atoms with Crippen molar-refractivity contribution in [1.29, 1.82) is 0 Å². The van der Waals surface area contributed by atoms with Crippen molar-refractivity contribution in [2.75, 3.05) is 5.32 Å². The zero-order valence-corrected chi connectivity index (χ0v) is 13.2. The number of hydrogen-bond acceptors (Lipinski definition) is 5. The molecule has 0 spiro atoms. The average Bonchev–Trinajstić information content (AvgIpc) is 2.54. The van der Waals surface area contributed by atoms with Gasteiger partial charge in [-0.05, 0) is 23.8 Å². The molecule has 8 nitrogen and oxygen atoms in total. The molecule has 2 rings (SSSR count). The number of carbonyl (C=O) groups excluding carboxylic acids is 2. The molecular weight excluding hydrogens is 326 g/mol. The lowest BCUT2D eigenvalue weighted by Gasteiger charge is -2.10. The van der Waals surface area contributed by atoms with Gasteiger partial charge in [0.1, 0.15) is 11.4 Å². The number of nitro groups is 1. The summed E-state index contributed by atoms with van der Waals surface area (Å²) >= 11 is 0. The lowest BCUT2D eigenvalue weighted by Crippen LogP contribution is -2.28. The molecule has 3 N–H and O–H groups in total. The highest BCUT2D eigenvalue weighted by atomic mass is 16.6. The number of nitrogens with one attached hydrogen (secondary N) is 2. The van der Waals surface area contributed by atoms with E-state index in [0.717, 1.165) is 0 Å². The van der Waals surface area contributed by atoms with Crippen molar-refractivity contribution in [3.63, 3.8) is 0 Å². The summed E-state index contributed by atoms with van der Waals surface area (Å²) in [6.45, 7) is 1.24. The second kappa shape index (κ2) is 7.73. The molecule has 2 aromatic rings. The molecule has 0 heterocycles. The van der Waals surface area contributed by atoms with Gasteiger partial charge in [-0.3, -0.25) is 19.7 Å². The zero-order chi connectivity index (χ0) is 18.4. The van der Waals surface area contributed by atoms with Crippen LogP contribution >= 0.6 is 0 Å². The van der Waals surface area contributed by atoms with Crippen molar-refractivity contribution in [1.82, 2.24) is 5.32 Å². The van der Waals surface area contributed by atoms with E-state index in [4.69, 9.17) is 0 Å². The van der Waals surface area contributed by atoms with E-state index in [2.05, 4.69) is 10.6 Å². The summed E-state index contributed by atoms with van der Waals surface area (Å²) in [6.07, 6.45) is 1.33. The highest BCUT2D eigenvalue weighted by molar-refractivity contribution is 6.08. The van der Waals surface area contributed by atoms with Crippen LogP contribution in [0.4, 0.5) is 11.4 Å². The van der Waals surface area contributed by atoms with Gasteiger partial charge < -0.3 is 15.7 Å². The van der Waals surface area contributed by atoms with Crippen molar-refractivity contribution >= 4 is 29.3 Å². The van der Waals surface area contributed by atoms with E-state index in [1.165, 1.54) is 43.3 Å². The Labute approximate surface area is 142 Å². The number of benzene rings is 2. The highest BCUT2D eigenvalue weighted by Gasteiger charge is 2.13. The largest absolute Gasteiger partial charge is 0.508 e. The van der Waals surface area contributed by atoms with Crippen molar-refractivity contribution in [3.8, 4) is 5.75 Å². The van der Waals surface area contributed by atoms with Gasteiger partial charge >= 0.3 is 0 Å². The molecule has 0 aliphatic carbocycles. The number of hydrogen-bond donors (Lipinski definition) is 3. The van der Waals surface area contributed by atoms with Crippen LogP contribution in [0.3, 0.4) is 0 Å². The summed E-state index contributed by atoms with van der Waals surface area (Å²) < 4.78 is 0. The Hall–Kier alpha value is -3.68. The number of nitrogens with zero attached hydrogens (tertiary/aromatic N) is 1. The fourth-order valence-electron chi connectivity index (χ4n) is 2.02. The van der Waals surface area contributed by atoms with Crippen molar-refractivity contribution in [3.05, 3.63) is 69.9 Å². The maximum Gasteiger partial charge on any atom is 0.272 e. The maximum atomic E-state index is 12.4. The highest BCUT2D eigenvalue weighted by Crippen LogP contribution is 2.18. The number of phenolic OH excluding ortho intramolecular Hbond substituents is 1. The standard InChI is InChI=1S/C17H15N3O5/c1-11(21)18-16(9-12-4-2-6-14(8-12)20(24)25)17(23)19-13-5-3-7-15(22)10-13/h2-10,22H,1H3,(H,18,21)(H,19,23)/b16-9+. The van der Waals surface area contributed by atoms with Crippen LogP contribution < -0.4 is 10.6 Å². The predicted octanol–water partition coefficient (Wildman–Crippen LogP) is 2.42. The minimum absolute atomic E-state index is 0.0264. The van der Waals surface area contributed by atoms with Gasteiger partial charge in [-0.25, -0.2) is 0 Å². The molecule has 0 saturated carbocycles. The van der Waals surface area contributed by atoms with Gasteiger partial charge in [0.15, 0.2) is 0 Å². The van der Waals surface area contributed by atoms with E-state index >= 15 is 0 Å². The molecular formula is C17H15N3O5. The van der Waals surface area contributed by atoms with Gasteiger partial charge in [0.05, 0.1) is 4.92 Å². The molecule has 0 bridgehead atoms. The molecule has 0 aliphatic rings. The van der Waals surface area contributed by atoms with Gasteiger partial charge in [-0.2, -0.15) is 0 Å². The first-order valence-corrected chi connectivity index (χ1v) is 7.19. The van der Waals surface area contributed by atoms with Gasteiger partial charge in [0, 0.05) is 30.8 Å². The zero-order valence-electron chi connectivity index (χ0n) is 13.2. The van der Waals surface area contributed by atoms with Crippen LogP contribution in [0.2, 0.25) is 0 Å². The fourth-order valence-corrected chi connectivity index (χ4v) is 2.02. The molecule has 0 radical (unpaired) electrons. The summed E-state index contributed by atoms with van der Waals surface area (Å²) in [5.41, 5.74) is 0.491. The van der Waals surface area contributed by atoms with Crippen LogP contribution in [0.1, 0.15) is 12.5 Å². The second-order valence-corrected chi connectivity index (χ2v) is 5.10. The Morgan fingerprint density at radius 3 is 2.52 bits per heavy atom. The van der Waals surface area contributed by atoms with E-state index in [1.807, 2.05) is 0 Å². The van der Waals surface area contributed by atoms with Crippen LogP contribution in [0.5, 0.6) is 5.75 Å². The van der Waals surface area contributed by atoms with Gasteiger partial charge in [-0.15, -0.1) is 0 Å². The second-order valence-electron chi connectivity index (χ2n) is 5.10. The number of phenols is 1. The average molecular weight is 341 g/mol. The summed E-state index contributed by atoms with van der Waals surface area (Å²) in [6, 6.07) is 11.5. The number of nitro benzene ring substituents is 1. The Balaban J connectivity index is 2.31. The molecule has 2 amide bonds. The van der Waals surface area contributed by atoms with Gasteiger partial charge in [0.25, 0.3) is 11.6 Å². The Morgan fingerprint density at radius 1 is 1.16 bits per heavy atom. The summed E-state index contributed by atoms with van der Waals surface area (Å²) in [7, 11) is 0. The molecule has 25 heavy (non-hydrogen) atoms. The first-order chi connectivity index (χ1) is 11.8. The number of rotatable bonds is 5. The van der Waals surface area contributed by atoms with Gasteiger partial charge in [0.2, 0.25) is 5.91 Å². The van der Waals surface area contributed by atoms with E-state index in [0.29, 0.717) is 11.3 Å². The molecule has 128 valence electrons. The minimum Gasteiger partial charge on any atom is -0.508 e. The molecule has 0 fully saturated rings. The molecule has 0 aliphatic heterocycles. The maximum absolute atomic E-state index is 12.4. The minimum atomic E-state index is -0.632. The van der Waals surface area contributed by atoms with E-state index < -0.39 is 16.7 Å². The van der Waals surface area contributed by atoms with E-state index in [1.54, 1.807) is 18.2 Å². The van der Waals surface area contributed by atoms with Crippen molar-refractivity contribution < 1.29 is 19.6 Å². The molecule has 0 unspecified atom stereocenters. The monoisotopic (exact) mass is 341 g/mol. The summed E-state index contributed by atoms with van der Waals surface area (Å²) in [4.78, 5) is 34.0. The van der Waals surface area contributed by atoms with Crippen LogP contribution in [0.25, 0.3) is 6.08 Å². The molecule has 0 saturated heterocycles. The fraction of sp³-hybridized carbons (Fsp3) is 0.0588. The third-order valence-corrected chi connectivity index (χ3v) is 3.05. The Morgan fingerprint density at radius 2 is 1.88 bits per heavy atom. The van der Waals surface area contributed by atoms with Gasteiger partial charge in [-0.1, -0.05) is 18.2 Å². The normalized spacial score (nSPS) is 10.8. The topological polar surface area (TPSA) is 122 Å². The van der Waals surface area contributed by atoms with Crippen molar-refractivity contribution in [2.24, 2.45) is 0 Å². The first kappa shape index (κ1) is 17.7. The lowest BCUT2D eigenvalue weighted by molar-refractivity contribution is -0.384. The molecule has 0 atom stereocenters. The molecule has 0 aromatic heterocycles. The number of non-ortho nitro benzene ring substituents is 1. The summed E-state index contributed by atoms with van der Waals surface area (Å²) in [5.74, 6) is -1.13. The van der Waals surface area contributed by atoms with Crippen LogP contribution in [0, 0.1) is 10.1 Å². The van der Waals surface area contributed by atoms with Crippen LogP contribution in [-0.2, 0) is 9.59 Å². The quantitative estimate of drug-likeness (QED) is 0.438.